The van der Waals surface area contributed by atoms with E-state index in [-0.39, 0.29) is 24.6 Å². The van der Waals surface area contributed by atoms with Crippen molar-refractivity contribution >= 4 is 56.4 Å². The third kappa shape index (κ3) is 4.09. The van der Waals surface area contributed by atoms with Crippen LogP contribution in [0.4, 0.5) is 21.5 Å². The molecule has 3 rings (SSSR count). The number of hydrogen-bond acceptors (Lipinski definition) is 4. The standard InChI is InChI=1S/C17H12BrClFN3O4/c18-10-1-4-14(12(19)6-10)21-17(25)9-5-16(24)22(8-9)11-2-3-13(20)15(7-11)23(26)27/h1-4,6-7,9H,5,8H2,(H,21,25). The van der Waals surface area contributed by atoms with E-state index in [1.165, 1.54) is 11.0 Å². The highest BCUT2D eigenvalue weighted by Crippen LogP contribution is 2.31. The van der Waals surface area contributed by atoms with E-state index in [1.807, 2.05) is 0 Å². The van der Waals surface area contributed by atoms with Gasteiger partial charge < -0.3 is 10.2 Å². The molecule has 1 atom stereocenters. The van der Waals surface area contributed by atoms with Crippen LogP contribution in [-0.2, 0) is 9.59 Å². The molecule has 1 aliphatic heterocycles. The van der Waals surface area contributed by atoms with Crippen molar-refractivity contribution in [2.75, 3.05) is 16.8 Å². The lowest BCUT2D eigenvalue weighted by Gasteiger charge is -2.17. The SMILES string of the molecule is O=C(Nc1ccc(Br)cc1Cl)C1CC(=O)N(c2ccc(F)c([N+](=O)[O-])c2)C1. The first kappa shape index (κ1) is 19.2. The summed E-state index contributed by atoms with van der Waals surface area (Å²) in [6, 6.07) is 8.15. The zero-order valence-corrected chi connectivity index (χ0v) is 16.0. The van der Waals surface area contributed by atoms with E-state index in [4.69, 9.17) is 11.6 Å². The Morgan fingerprint density at radius 3 is 2.74 bits per heavy atom. The number of anilines is 2. The lowest BCUT2D eigenvalue weighted by atomic mass is 10.1. The number of nitro benzene ring substituents is 1. The van der Waals surface area contributed by atoms with E-state index in [9.17, 15) is 24.1 Å². The number of nitro groups is 1. The van der Waals surface area contributed by atoms with E-state index in [0.29, 0.717) is 10.7 Å². The Kier molecular flexibility index (Phi) is 5.43. The van der Waals surface area contributed by atoms with Gasteiger partial charge in [-0.25, -0.2) is 0 Å². The van der Waals surface area contributed by atoms with Crippen molar-refractivity contribution in [3.63, 3.8) is 0 Å². The number of benzene rings is 2. The summed E-state index contributed by atoms with van der Waals surface area (Å²) in [7, 11) is 0. The monoisotopic (exact) mass is 455 g/mol. The van der Waals surface area contributed by atoms with Crippen LogP contribution < -0.4 is 10.2 Å². The molecule has 7 nitrogen and oxygen atoms in total. The average Bonchev–Trinajstić information content (AvgIpc) is 2.99. The van der Waals surface area contributed by atoms with Crippen LogP contribution in [0.1, 0.15) is 6.42 Å². The van der Waals surface area contributed by atoms with Gasteiger partial charge in [-0.05, 0) is 30.3 Å². The van der Waals surface area contributed by atoms with Gasteiger partial charge in [0.05, 0.1) is 27.2 Å². The molecule has 2 amide bonds. The van der Waals surface area contributed by atoms with Gasteiger partial charge in [-0.2, -0.15) is 4.39 Å². The molecule has 0 radical (unpaired) electrons. The number of carbonyl (C=O) groups excluding carboxylic acids is 2. The van der Waals surface area contributed by atoms with Crippen molar-refractivity contribution in [2.24, 2.45) is 5.92 Å². The van der Waals surface area contributed by atoms with Crippen LogP contribution >= 0.6 is 27.5 Å². The molecule has 1 unspecified atom stereocenters. The second-order valence-corrected chi connectivity index (χ2v) is 7.23. The first-order valence-corrected chi connectivity index (χ1v) is 8.93. The Morgan fingerprint density at radius 1 is 1.33 bits per heavy atom. The summed E-state index contributed by atoms with van der Waals surface area (Å²) in [6.07, 6.45) is -0.0643. The highest BCUT2D eigenvalue weighted by Gasteiger charge is 2.36. The second-order valence-electron chi connectivity index (χ2n) is 5.91. The highest BCUT2D eigenvalue weighted by atomic mass is 79.9. The number of carbonyl (C=O) groups is 2. The van der Waals surface area contributed by atoms with E-state index in [1.54, 1.807) is 18.2 Å². The minimum Gasteiger partial charge on any atom is -0.324 e. The lowest BCUT2D eigenvalue weighted by molar-refractivity contribution is -0.387. The minimum atomic E-state index is -0.991. The Morgan fingerprint density at radius 2 is 2.07 bits per heavy atom. The van der Waals surface area contributed by atoms with Crippen molar-refractivity contribution in [3.8, 4) is 0 Å². The van der Waals surface area contributed by atoms with Gasteiger partial charge in [0.15, 0.2) is 0 Å². The molecule has 1 heterocycles. The molecule has 0 aliphatic carbocycles. The summed E-state index contributed by atoms with van der Waals surface area (Å²) in [5.74, 6) is -2.43. The third-order valence-electron chi connectivity index (χ3n) is 4.12. The Hall–Kier alpha value is -2.52. The van der Waals surface area contributed by atoms with Crippen LogP contribution in [0.15, 0.2) is 40.9 Å². The zero-order chi connectivity index (χ0) is 19.7. The maximum atomic E-state index is 13.5. The first-order chi connectivity index (χ1) is 12.8. The topological polar surface area (TPSA) is 92.6 Å². The van der Waals surface area contributed by atoms with E-state index >= 15 is 0 Å². The maximum Gasteiger partial charge on any atom is 0.306 e. The molecular weight excluding hydrogens is 445 g/mol. The molecule has 1 N–H and O–H groups in total. The number of rotatable bonds is 4. The highest BCUT2D eigenvalue weighted by molar-refractivity contribution is 9.10. The molecule has 10 heteroatoms. The fourth-order valence-electron chi connectivity index (χ4n) is 2.77. The Balaban J connectivity index is 1.76. The quantitative estimate of drug-likeness (QED) is 0.553. The van der Waals surface area contributed by atoms with Crippen LogP contribution in [0.25, 0.3) is 0 Å². The Bertz CT molecular complexity index is 956. The van der Waals surface area contributed by atoms with Crippen LogP contribution in [-0.4, -0.2) is 23.3 Å². The molecule has 1 saturated heterocycles. The molecule has 0 bridgehead atoms. The van der Waals surface area contributed by atoms with Gasteiger partial charge in [0.1, 0.15) is 0 Å². The fourth-order valence-corrected chi connectivity index (χ4v) is 3.49. The van der Waals surface area contributed by atoms with Crippen LogP contribution in [0.3, 0.4) is 0 Å². The largest absolute Gasteiger partial charge is 0.324 e. The number of halogens is 3. The number of amides is 2. The lowest BCUT2D eigenvalue weighted by Crippen LogP contribution is -2.28. The smallest absolute Gasteiger partial charge is 0.306 e. The predicted molar refractivity (Wildman–Crippen MR) is 101 cm³/mol. The average molecular weight is 457 g/mol. The van der Waals surface area contributed by atoms with Gasteiger partial charge >= 0.3 is 5.69 Å². The van der Waals surface area contributed by atoms with Gasteiger partial charge in [0, 0.05) is 23.5 Å². The maximum absolute atomic E-state index is 13.5. The summed E-state index contributed by atoms with van der Waals surface area (Å²) in [4.78, 5) is 36.0. The minimum absolute atomic E-state index is 0.0294. The normalized spacial score (nSPS) is 16.5. The third-order valence-corrected chi connectivity index (χ3v) is 4.93. The molecule has 1 aliphatic rings. The molecule has 0 aromatic heterocycles. The summed E-state index contributed by atoms with van der Waals surface area (Å²) < 4.78 is 14.2. The van der Waals surface area contributed by atoms with E-state index < -0.39 is 28.3 Å². The first-order valence-electron chi connectivity index (χ1n) is 7.76. The van der Waals surface area contributed by atoms with Gasteiger partial charge in [-0.3, -0.25) is 19.7 Å². The van der Waals surface area contributed by atoms with Crippen molar-refractivity contribution < 1.29 is 18.9 Å². The zero-order valence-electron chi connectivity index (χ0n) is 13.6. The van der Waals surface area contributed by atoms with Crippen molar-refractivity contribution in [1.82, 2.24) is 0 Å². The van der Waals surface area contributed by atoms with Gasteiger partial charge in [-0.15, -0.1) is 0 Å². The molecule has 2 aromatic rings. The fraction of sp³-hybridized carbons (Fsp3) is 0.176. The van der Waals surface area contributed by atoms with Crippen LogP contribution in [0, 0.1) is 21.8 Å². The van der Waals surface area contributed by atoms with Crippen LogP contribution in [0.2, 0.25) is 5.02 Å². The summed E-state index contributed by atoms with van der Waals surface area (Å²) in [5.41, 5.74) is -0.145. The summed E-state index contributed by atoms with van der Waals surface area (Å²) in [6.45, 7) is 0.0294. The van der Waals surface area contributed by atoms with Gasteiger partial charge in [0.2, 0.25) is 17.6 Å². The number of nitrogens with zero attached hydrogens (tertiary/aromatic N) is 2. The molecule has 0 saturated carbocycles. The number of hydrogen-bond donors (Lipinski definition) is 1. The molecular formula is C17H12BrClFN3O4. The van der Waals surface area contributed by atoms with E-state index in [0.717, 1.165) is 16.6 Å². The molecule has 27 heavy (non-hydrogen) atoms. The van der Waals surface area contributed by atoms with Gasteiger partial charge in [-0.1, -0.05) is 27.5 Å². The summed E-state index contributed by atoms with van der Waals surface area (Å²) >= 11 is 9.34. The second kappa shape index (κ2) is 7.61. The molecule has 2 aromatic carbocycles. The Labute approximate surface area is 166 Å². The van der Waals surface area contributed by atoms with Crippen LogP contribution in [0.5, 0.6) is 0 Å². The molecule has 0 spiro atoms. The van der Waals surface area contributed by atoms with Crippen molar-refractivity contribution in [2.45, 2.75) is 6.42 Å². The van der Waals surface area contributed by atoms with Crippen molar-refractivity contribution in [3.05, 3.63) is 61.8 Å². The van der Waals surface area contributed by atoms with E-state index in [2.05, 4.69) is 21.2 Å². The predicted octanol–water partition coefficient (Wildman–Crippen LogP) is 4.14. The summed E-state index contributed by atoms with van der Waals surface area (Å²) in [5, 5.41) is 13.9. The molecule has 1 fully saturated rings. The van der Waals surface area contributed by atoms with Crippen molar-refractivity contribution in [1.29, 1.82) is 0 Å². The molecule has 140 valence electrons. The van der Waals surface area contributed by atoms with Gasteiger partial charge in [0.25, 0.3) is 0 Å². The number of nitrogens with one attached hydrogen (secondary N) is 1.